The summed E-state index contributed by atoms with van der Waals surface area (Å²) in [5, 5.41) is 1.86. The molecule has 31 heavy (non-hydrogen) atoms. The lowest BCUT2D eigenvalue weighted by molar-refractivity contribution is -0.138. The van der Waals surface area contributed by atoms with Gasteiger partial charge in [0.25, 0.3) is 11.8 Å². The minimum atomic E-state index is -0.664. The highest BCUT2D eigenvalue weighted by molar-refractivity contribution is 7.12. The first-order chi connectivity index (χ1) is 14.9. The van der Waals surface area contributed by atoms with Gasteiger partial charge in [-0.3, -0.25) is 24.2 Å². The summed E-state index contributed by atoms with van der Waals surface area (Å²) in [5.41, 5.74) is 1.69. The number of carbonyl (C=O) groups excluding carboxylic acids is 4. The Bertz CT molecular complexity index is 997. The van der Waals surface area contributed by atoms with Crippen LogP contribution in [0.25, 0.3) is 0 Å². The molecule has 2 saturated heterocycles. The molecule has 9 heteroatoms. The molecular formula is C22H24N4O4S. The standard InChI is InChI=1S/C22H24N4O4S/c1-15-5-7-17(8-6-15)26-16(2)20(28)25(22(26)30)14-19(27)23-9-11-24(12-10-23)21(29)18-4-3-13-31-18/h3-8,13,16H,9-12,14H2,1-2H3. The van der Waals surface area contributed by atoms with Crippen molar-refractivity contribution >= 4 is 40.8 Å². The number of nitrogens with zero attached hydrogens (tertiary/aromatic N) is 4. The first-order valence-electron chi connectivity index (χ1n) is 10.2. The van der Waals surface area contributed by atoms with Crippen LogP contribution in [0.4, 0.5) is 10.5 Å². The molecule has 3 heterocycles. The minimum Gasteiger partial charge on any atom is -0.338 e. The van der Waals surface area contributed by atoms with Gasteiger partial charge in [0.05, 0.1) is 4.88 Å². The van der Waals surface area contributed by atoms with Gasteiger partial charge in [0.15, 0.2) is 0 Å². The normalized spacial score (nSPS) is 19.4. The maximum absolute atomic E-state index is 12.9. The lowest BCUT2D eigenvalue weighted by Crippen LogP contribution is -2.53. The molecule has 2 aliphatic rings. The van der Waals surface area contributed by atoms with Crippen LogP contribution < -0.4 is 4.90 Å². The van der Waals surface area contributed by atoms with E-state index in [0.29, 0.717) is 36.7 Å². The number of rotatable bonds is 4. The molecule has 1 unspecified atom stereocenters. The molecule has 0 radical (unpaired) electrons. The zero-order valence-electron chi connectivity index (χ0n) is 17.5. The van der Waals surface area contributed by atoms with Crippen molar-refractivity contribution in [1.29, 1.82) is 0 Å². The van der Waals surface area contributed by atoms with Crippen molar-refractivity contribution < 1.29 is 19.2 Å². The third kappa shape index (κ3) is 4.05. The van der Waals surface area contributed by atoms with Crippen LogP contribution >= 0.6 is 11.3 Å². The van der Waals surface area contributed by atoms with Crippen molar-refractivity contribution in [2.45, 2.75) is 19.9 Å². The number of anilines is 1. The highest BCUT2D eigenvalue weighted by atomic mass is 32.1. The number of benzene rings is 1. The van der Waals surface area contributed by atoms with E-state index in [9.17, 15) is 19.2 Å². The second-order valence-electron chi connectivity index (χ2n) is 7.74. The molecule has 5 amide bonds. The van der Waals surface area contributed by atoms with E-state index >= 15 is 0 Å². The molecule has 162 valence electrons. The molecule has 2 fully saturated rings. The summed E-state index contributed by atoms with van der Waals surface area (Å²) < 4.78 is 0. The van der Waals surface area contributed by atoms with Crippen LogP contribution in [0.15, 0.2) is 41.8 Å². The molecule has 0 N–H and O–H groups in total. The molecule has 2 aliphatic heterocycles. The van der Waals surface area contributed by atoms with Gasteiger partial charge >= 0.3 is 6.03 Å². The van der Waals surface area contributed by atoms with Crippen molar-refractivity contribution in [2.75, 3.05) is 37.6 Å². The number of imide groups is 1. The Morgan fingerprint density at radius 3 is 2.26 bits per heavy atom. The average molecular weight is 441 g/mol. The average Bonchev–Trinajstić information content (AvgIpc) is 3.38. The second-order valence-corrected chi connectivity index (χ2v) is 8.69. The van der Waals surface area contributed by atoms with Crippen LogP contribution in [-0.4, -0.2) is 77.2 Å². The van der Waals surface area contributed by atoms with E-state index in [-0.39, 0.29) is 24.3 Å². The van der Waals surface area contributed by atoms with Crippen LogP contribution in [0.2, 0.25) is 0 Å². The van der Waals surface area contributed by atoms with Gasteiger partial charge in [-0.05, 0) is 37.4 Å². The van der Waals surface area contributed by atoms with Gasteiger partial charge in [0.2, 0.25) is 5.91 Å². The van der Waals surface area contributed by atoms with Gasteiger partial charge in [0, 0.05) is 31.9 Å². The monoisotopic (exact) mass is 440 g/mol. The number of aryl methyl sites for hydroxylation is 1. The Kier molecular flexibility index (Phi) is 5.77. The Morgan fingerprint density at radius 2 is 1.65 bits per heavy atom. The van der Waals surface area contributed by atoms with Gasteiger partial charge in [-0.15, -0.1) is 11.3 Å². The Hall–Kier alpha value is -3.20. The predicted molar refractivity (Wildman–Crippen MR) is 117 cm³/mol. The Labute approximate surface area is 184 Å². The Balaban J connectivity index is 1.37. The van der Waals surface area contributed by atoms with E-state index in [1.807, 2.05) is 30.5 Å². The summed E-state index contributed by atoms with van der Waals surface area (Å²) in [4.78, 5) is 57.3. The third-order valence-corrected chi connectivity index (χ3v) is 6.56. The van der Waals surface area contributed by atoms with Gasteiger partial charge in [-0.1, -0.05) is 23.8 Å². The highest BCUT2D eigenvalue weighted by Gasteiger charge is 2.44. The van der Waals surface area contributed by atoms with Gasteiger partial charge < -0.3 is 9.80 Å². The quantitative estimate of drug-likeness (QED) is 0.683. The number of carbonyl (C=O) groups is 4. The SMILES string of the molecule is Cc1ccc(N2C(=O)N(CC(=O)N3CCN(C(=O)c4cccs4)CC3)C(=O)C2C)cc1. The van der Waals surface area contributed by atoms with Crippen molar-refractivity contribution in [3.05, 3.63) is 52.2 Å². The molecule has 1 atom stereocenters. The maximum atomic E-state index is 12.9. The number of thiophene rings is 1. The summed E-state index contributed by atoms with van der Waals surface area (Å²) in [6.07, 6.45) is 0. The predicted octanol–water partition coefficient (Wildman–Crippen LogP) is 2.20. The summed E-state index contributed by atoms with van der Waals surface area (Å²) >= 11 is 1.39. The first-order valence-corrected chi connectivity index (χ1v) is 11.1. The molecule has 0 aliphatic carbocycles. The molecule has 0 spiro atoms. The molecular weight excluding hydrogens is 416 g/mol. The number of amides is 5. The zero-order valence-corrected chi connectivity index (χ0v) is 18.3. The highest BCUT2D eigenvalue weighted by Crippen LogP contribution is 2.26. The van der Waals surface area contributed by atoms with E-state index in [1.54, 1.807) is 34.9 Å². The topological polar surface area (TPSA) is 81.2 Å². The summed E-state index contributed by atoms with van der Waals surface area (Å²) in [5.74, 6) is -0.706. The lowest BCUT2D eigenvalue weighted by atomic mass is 10.2. The van der Waals surface area contributed by atoms with Crippen LogP contribution in [0.5, 0.6) is 0 Å². The molecule has 2 aromatic rings. The number of urea groups is 1. The van der Waals surface area contributed by atoms with E-state index in [0.717, 1.165) is 10.5 Å². The van der Waals surface area contributed by atoms with Gasteiger partial charge in [-0.25, -0.2) is 4.79 Å². The lowest BCUT2D eigenvalue weighted by Gasteiger charge is -2.35. The fourth-order valence-electron chi connectivity index (χ4n) is 3.86. The Morgan fingerprint density at radius 1 is 1.00 bits per heavy atom. The van der Waals surface area contributed by atoms with Crippen molar-refractivity contribution in [2.24, 2.45) is 0 Å². The fourth-order valence-corrected chi connectivity index (χ4v) is 4.55. The van der Waals surface area contributed by atoms with Crippen LogP contribution in [0, 0.1) is 6.92 Å². The molecule has 0 bridgehead atoms. The van der Waals surface area contributed by atoms with E-state index in [2.05, 4.69) is 0 Å². The van der Waals surface area contributed by atoms with Gasteiger partial charge in [0.1, 0.15) is 12.6 Å². The second kappa shape index (κ2) is 8.50. The molecule has 1 aromatic heterocycles. The zero-order chi connectivity index (χ0) is 22.1. The van der Waals surface area contributed by atoms with Crippen LogP contribution in [-0.2, 0) is 9.59 Å². The van der Waals surface area contributed by atoms with Crippen molar-refractivity contribution in [3.8, 4) is 0 Å². The number of hydrogen-bond acceptors (Lipinski definition) is 5. The number of hydrogen-bond donors (Lipinski definition) is 0. The molecule has 1 aromatic carbocycles. The van der Waals surface area contributed by atoms with E-state index < -0.39 is 12.1 Å². The third-order valence-electron chi connectivity index (χ3n) is 5.70. The smallest absolute Gasteiger partial charge is 0.332 e. The molecule has 0 saturated carbocycles. The van der Waals surface area contributed by atoms with Crippen LogP contribution in [0.1, 0.15) is 22.2 Å². The summed E-state index contributed by atoms with van der Waals surface area (Å²) in [6, 6.07) is 9.83. The largest absolute Gasteiger partial charge is 0.338 e. The maximum Gasteiger partial charge on any atom is 0.332 e. The van der Waals surface area contributed by atoms with Gasteiger partial charge in [-0.2, -0.15) is 0 Å². The summed E-state index contributed by atoms with van der Waals surface area (Å²) in [7, 11) is 0. The number of piperazine rings is 1. The van der Waals surface area contributed by atoms with E-state index in [1.165, 1.54) is 16.2 Å². The van der Waals surface area contributed by atoms with Crippen LogP contribution in [0.3, 0.4) is 0 Å². The summed E-state index contributed by atoms with van der Waals surface area (Å²) in [6.45, 7) is 4.94. The van der Waals surface area contributed by atoms with Crippen molar-refractivity contribution in [3.63, 3.8) is 0 Å². The first kappa shape index (κ1) is 21.0. The fraction of sp³-hybridized carbons (Fsp3) is 0.364. The molecule has 8 nitrogen and oxygen atoms in total. The molecule has 4 rings (SSSR count). The van der Waals surface area contributed by atoms with Crippen molar-refractivity contribution in [1.82, 2.24) is 14.7 Å². The minimum absolute atomic E-state index is 0.0328. The van der Waals surface area contributed by atoms with E-state index in [4.69, 9.17) is 0 Å².